The maximum atomic E-state index is 14.6. The number of piperidine rings is 1. The number of alkyl halides is 1. The van der Waals surface area contributed by atoms with Crippen LogP contribution in [0.2, 0.25) is 0 Å². The minimum absolute atomic E-state index is 0.00669. The van der Waals surface area contributed by atoms with E-state index in [2.05, 4.69) is 15.8 Å². The van der Waals surface area contributed by atoms with E-state index in [9.17, 15) is 19.1 Å². The molecule has 1 aromatic heterocycles. The summed E-state index contributed by atoms with van der Waals surface area (Å²) >= 11 is 0. The normalized spacial score (nSPS) is 42.9. The van der Waals surface area contributed by atoms with Gasteiger partial charge in [-0.25, -0.2) is 4.39 Å². The maximum Gasteiger partial charge on any atom is 0.307 e. The van der Waals surface area contributed by atoms with Crippen LogP contribution in [0.25, 0.3) is 0 Å². The molecule has 8 atom stereocenters. The second-order valence-corrected chi connectivity index (χ2v) is 9.43. The fourth-order valence-corrected chi connectivity index (χ4v) is 7.18. The Morgan fingerprint density at radius 2 is 2.07 bits per heavy atom. The minimum Gasteiger partial charge on any atom is -0.481 e. The monoisotopic (exact) mass is 405 g/mol. The Morgan fingerprint density at radius 3 is 2.72 bits per heavy atom. The van der Waals surface area contributed by atoms with Crippen molar-refractivity contribution in [2.75, 3.05) is 13.1 Å². The average molecular weight is 405 g/mol. The summed E-state index contributed by atoms with van der Waals surface area (Å²) in [7, 11) is 0. The SMILES string of the molecule is Cc1cc(CNC(=O)[C@H]2[C@H](C(=O)O)[C@H]3CC[C@@H]2C32CC2[C@@H]2CCNC[C@H]2F)on1. The molecule has 3 saturated carbocycles. The van der Waals surface area contributed by atoms with Crippen molar-refractivity contribution < 1.29 is 23.6 Å². The zero-order chi connectivity index (χ0) is 20.3. The largest absolute Gasteiger partial charge is 0.481 e. The van der Waals surface area contributed by atoms with Gasteiger partial charge in [-0.05, 0) is 68.2 Å². The molecule has 1 aromatic rings. The molecule has 0 radical (unpaired) electrons. The minimum atomic E-state index is -0.889. The first kappa shape index (κ1) is 19.0. The van der Waals surface area contributed by atoms with Crippen LogP contribution in [0.5, 0.6) is 0 Å². The van der Waals surface area contributed by atoms with Crippen molar-refractivity contribution in [3.05, 3.63) is 17.5 Å². The molecular weight excluding hydrogens is 377 g/mol. The van der Waals surface area contributed by atoms with Crippen molar-refractivity contribution >= 4 is 11.9 Å². The highest BCUT2D eigenvalue weighted by Crippen LogP contribution is 2.79. The first-order chi connectivity index (χ1) is 13.9. The van der Waals surface area contributed by atoms with Crippen molar-refractivity contribution in [3.63, 3.8) is 0 Å². The molecule has 1 aliphatic heterocycles. The highest BCUT2D eigenvalue weighted by atomic mass is 19.1. The molecule has 2 unspecified atom stereocenters. The zero-order valence-electron chi connectivity index (χ0n) is 16.6. The third-order valence-corrected chi connectivity index (χ3v) is 8.20. The van der Waals surface area contributed by atoms with E-state index in [1.54, 1.807) is 13.0 Å². The standard InChI is InChI=1S/C21H28FN3O4/c1-10-6-11(29-25-10)8-24-19(26)17-13-2-3-14(18(17)20(27)28)21(13)7-15(21)12-4-5-23-9-16(12)22/h6,12-18,23H,2-5,7-9H2,1H3,(H,24,26)(H,27,28)/t12-,13-,14+,15?,16+,17+,18+,21?/m0/s1. The maximum absolute atomic E-state index is 14.6. The van der Waals surface area contributed by atoms with E-state index < -0.39 is 24.0 Å². The van der Waals surface area contributed by atoms with Crippen molar-refractivity contribution in [1.82, 2.24) is 15.8 Å². The van der Waals surface area contributed by atoms with Gasteiger partial charge in [0, 0.05) is 12.6 Å². The molecule has 0 aromatic carbocycles. The van der Waals surface area contributed by atoms with Crippen LogP contribution in [0.4, 0.5) is 4.39 Å². The van der Waals surface area contributed by atoms with Crippen LogP contribution < -0.4 is 10.6 Å². The van der Waals surface area contributed by atoms with E-state index >= 15 is 0 Å². The lowest BCUT2D eigenvalue weighted by molar-refractivity contribution is -0.149. The van der Waals surface area contributed by atoms with Crippen LogP contribution in [0.15, 0.2) is 10.6 Å². The topological polar surface area (TPSA) is 104 Å². The molecule has 2 bridgehead atoms. The number of rotatable bonds is 5. The number of carbonyl (C=O) groups is 2. The molecule has 4 fully saturated rings. The van der Waals surface area contributed by atoms with Gasteiger partial charge in [0.15, 0.2) is 5.76 Å². The van der Waals surface area contributed by atoms with E-state index in [0.717, 1.165) is 37.9 Å². The number of amides is 1. The summed E-state index contributed by atoms with van der Waals surface area (Å²) in [4.78, 5) is 25.2. The number of carbonyl (C=O) groups excluding carboxylic acids is 1. The molecule has 2 heterocycles. The molecule has 7 nitrogen and oxygen atoms in total. The summed E-state index contributed by atoms with van der Waals surface area (Å²) in [6, 6.07) is 1.76. The van der Waals surface area contributed by atoms with E-state index in [0.29, 0.717) is 12.3 Å². The van der Waals surface area contributed by atoms with Gasteiger partial charge in [0.2, 0.25) is 5.91 Å². The van der Waals surface area contributed by atoms with Crippen LogP contribution >= 0.6 is 0 Å². The number of carboxylic acids is 1. The van der Waals surface area contributed by atoms with Crippen LogP contribution in [-0.4, -0.2) is 41.4 Å². The molecule has 1 saturated heterocycles. The van der Waals surface area contributed by atoms with Gasteiger partial charge in [-0.3, -0.25) is 9.59 Å². The van der Waals surface area contributed by atoms with Crippen LogP contribution in [0.3, 0.4) is 0 Å². The van der Waals surface area contributed by atoms with Gasteiger partial charge in [-0.15, -0.1) is 0 Å². The van der Waals surface area contributed by atoms with E-state index in [-0.39, 0.29) is 41.5 Å². The molecule has 8 heteroatoms. The van der Waals surface area contributed by atoms with Gasteiger partial charge in [0.25, 0.3) is 0 Å². The fourth-order valence-electron chi connectivity index (χ4n) is 7.18. The number of hydrogen-bond acceptors (Lipinski definition) is 5. The van der Waals surface area contributed by atoms with Gasteiger partial charge >= 0.3 is 5.97 Å². The van der Waals surface area contributed by atoms with Gasteiger partial charge in [0.05, 0.1) is 24.1 Å². The lowest BCUT2D eigenvalue weighted by atomic mass is 9.78. The van der Waals surface area contributed by atoms with Crippen LogP contribution in [-0.2, 0) is 16.1 Å². The predicted octanol–water partition coefficient (Wildman–Crippen LogP) is 1.91. The van der Waals surface area contributed by atoms with E-state index in [1.165, 1.54) is 0 Å². The molecule has 1 spiro atoms. The fraction of sp³-hybridized carbons (Fsp3) is 0.762. The van der Waals surface area contributed by atoms with Crippen molar-refractivity contribution in [3.8, 4) is 0 Å². The first-order valence-electron chi connectivity index (χ1n) is 10.7. The van der Waals surface area contributed by atoms with Crippen LogP contribution in [0, 0.1) is 47.8 Å². The molecule has 5 rings (SSSR count). The Balaban J connectivity index is 1.35. The van der Waals surface area contributed by atoms with Crippen molar-refractivity contribution in [1.29, 1.82) is 0 Å². The molecule has 1 amide bonds. The lowest BCUT2D eigenvalue weighted by Crippen LogP contribution is -2.41. The molecule has 158 valence electrons. The summed E-state index contributed by atoms with van der Waals surface area (Å²) in [5, 5.41) is 19.8. The molecular formula is C21H28FN3O4. The second-order valence-electron chi connectivity index (χ2n) is 9.43. The summed E-state index contributed by atoms with van der Waals surface area (Å²) in [5.41, 5.74) is 0.584. The lowest BCUT2D eigenvalue weighted by Gasteiger charge is -2.30. The van der Waals surface area contributed by atoms with E-state index in [4.69, 9.17) is 4.52 Å². The molecule has 3 aliphatic carbocycles. The predicted molar refractivity (Wildman–Crippen MR) is 100 cm³/mol. The summed E-state index contributed by atoms with van der Waals surface area (Å²) in [6.45, 7) is 3.21. The van der Waals surface area contributed by atoms with Gasteiger partial charge in [-0.1, -0.05) is 5.16 Å². The Hall–Kier alpha value is -1.96. The number of nitrogens with one attached hydrogen (secondary N) is 2. The van der Waals surface area contributed by atoms with Crippen molar-refractivity contribution in [2.45, 2.75) is 45.3 Å². The van der Waals surface area contributed by atoms with E-state index in [1.807, 2.05) is 0 Å². The van der Waals surface area contributed by atoms with Gasteiger partial charge in [-0.2, -0.15) is 0 Å². The summed E-state index contributed by atoms with van der Waals surface area (Å²) in [5.74, 6) is -1.53. The molecule has 4 aliphatic rings. The molecule has 29 heavy (non-hydrogen) atoms. The Labute approximate surface area is 168 Å². The highest BCUT2D eigenvalue weighted by molar-refractivity contribution is 5.86. The number of aliphatic carboxylic acids is 1. The quantitative estimate of drug-likeness (QED) is 0.691. The first-order valence-corrected chi connectivity index (χ1v) is 10.7. The third kappa shape index (κ3) is 2.82. The highest BCUT2D eigenvalue weighted by Gasteiger charge is 2.77. The number of carboxylic acid groups (broad SMARTS) is 1. The Kier molecular flexibility index (Phi) is 4.46. The molecule has 3 N–H and O–H groups in total. The number of hydrogen-bond donors (Lipinski definition) is 3. The number of aromatic nitrogens is 1. The van der Waals surface area contributed by atoms with Gasteiger partial charge in [0.1, 0.15) is 6.17 Å². The smallest absolute Gasteiger partial charge is 0.307 e. The number of halogens is 1. The average Bonchev–Trinajstić information content (AvgIpc) is 2.97. The zero-order valence-corrected chi connectivity index (χ0v) is 16.6. The van der Waals surface area contributed by atoms with Crippen LogP contribution in [0.1, 0.15) is 37.1 Å². The Bertz CT molecular complexity index is 829. The third-order valence-electron chi connectivity index (χ3n) is 8.20. The number of aryl methyl sites for hydroxylation is 1. The van der Waals surface area contributed by atoms with Gasteiger partial charge < -0.3 is 20.3 Å². The van der Waals surface area contributed by atoms with Crippen molar-refractivity contribution in [2.24, 2.45) is 40.9 Å². The summed E-state index contributed by atoms with van der Waals surface area (Å²) in [6.07, 6.45) is 2.50. The summed E-state index contributed by atoms with van der Waals surface area (Å²) < 4.78 is 19.7. The second kappa shape index (κ2) is 6.79. The number of nitrogens with zero attached hydrogens (tertiary/aromatic N) is 1. The Morgan fingerprint density at radius 1 is 1.31 bits per heavy atom.